The molecule has 1 fully saturated rings. The molecule has 1 saturated heterocycles. The number of nitrogens with two attached hydrogens (primary N) is 1. The number of aromatic nitrogens is 1. The molecule has 1 atom stereocenters. The molecular weight excluding hydrogens is 228 g/mol. The van der Waals surface area contributed by atoms with Crippen LogP contribution in [0, 0.1) is 11.3 Å². The van der Waals surface area contributed by atoms with E-state index in [-0.39, 0.29) is 5.84 Å². The first-order valence-electron chi connectivity index (χ1n) is 6.26. The lowest BCUT2D eigenvalue weighted by atomic mass is 10.0. The highest BCUT2D eigenvalue weighted by atomic mass is 16.5. The van der Waals surface area contributed by atoms with Gasteiger partial charge in [0, 0.05) is 32.1 Å². The molecule has 5 nitrogen and oxygen atoms in total. The van der Waals surface area contributed by atoms with E-state index in [1.807, 2.05) is 19.2 Å². The molecule has 1 aromatic rings. The maximum absolute atomic E-state index is 7.40. The van der Waals surface area contributed by atoms with E-state index in [0.29, 0.717) is 11.6 Å². The summed E-state index contributed by atoms with van der Waals surface area (Å²) in [6.07, 6.45) is 4.06. The zero-order chi connectivity index (χ0) is 13.0. The van der Waals surface area contributed by atoms with Gasteiger partial charge in [-0.1, -0.05) is 0 Å². The summed E-state index contributed by atoms with van der Waals surface area (Å²) < 4.78 is 5.49. The minimum Gasteiger partial charge on any atom is -0.382 e. The maximum atomic E-state index is 7.40. The van der Waals surface area contributed by atoms with Gasteiger partial charge in [0.15, 0.2) is 0 Å². The molecule has 0 radical (unpaired) electrons. The lowest BCUT2D eigenvalue weighted by molar-refractivity contribution is 0.0576. The van der Waals surface area contributed by atoms with Gasteiger partial charge in [-0.2, -0.15) is 0 Å². The van der Waals surface area contributed by atoms with Crippen LogP contribution >= 0.6 is 0 Å². The molecular formula is C13H20N4O. The van der Waals surface area contributed by atoms with E-state index >= 15 is 0 Å². The number of hydrogen-bond donors (Lipinski definition) is 2. The summed E-state index contributed by atoms with van der Waals surface area (Å²) in [6, 6.07) is 3.79. The Balaban J connectivity index is 2.01. The van der Waals surface area contributed by atoms with E-state index in [1.165, 1.54) is 6.42 Å². The third-order valence-corrected chi connectivity index (χ3v) is 3.25. The number of ether oxygens (including phenoxy) is 1. The molecule has 5 heteroatoms. The molecule has 2 rings (SSSR count). The Labute approximate surface area is 107 Å². The van der Waals surface area contributed by atoms with E-state index < -0.39 is 0 Å². The fourth-order valence-corrected chi connectivity index (χ4v) is 2.25. The van der Waals surface area contributed by atoms with Gasteiger partial charge >= 0.3 is 0 Å². The number of rotatable bonds is 4. The van der Waals surface area contributed by atoms with Crippen LogP contribution in [0.3, 0.4) is 0 Å². The predicted octanol–water partition coefficient (Wildman–Crippen LogP) is 1.23. The van der Waals surface area contributed by atoms with E-state index in [2.05, 4.69) is 9.88 Å². The fourth-order valence-electron chi connectivity index (χ4n) is 2.25. The maximum Gasteiger partial charge on any atom is 0.141 e. The van der Waals surface area contributed by atoms with Crippen molar-refractivity contribution < 1.29 is 4.74 Å². The molecule has 0 amide bonds. The standard InChI is InChI=1S/C13H20N4O/c1-17(8-10-3-2-6-18-9-10)11-4-5-16-12(7-11)13(14)15/h4-5,7,10H,2-3,6,8-9H2,1H3,(H3,14,15). The fraction of sp³-hybridized carbons (Fsp3) is 0.538. The number of nitrogens with one attached hydrogen (secondary N) is 1. The molecule has 1 unspecified atom stereocenters. The van der Waals surface area contributed by atoms with Gasteiger partial charge in [0.25, 0.3) is 0 Å². The van der Waals surface area contributed by atoms with Crippen molar-refractivity contribution in [1.29, 1.82) is 5.41 Å². The molecule has 18 heavy (non-hydrogen) atoms. The number of nitrogen functional groups attached to an aromatic ring is 1. The summed E-state index contributed by atoms with van der Waals surface area (Å²) in [5.74, 6) is 0.587. The van der Waals surface area contributed by atoms with Gasteiger partial charge < -0.3 is 15.4 Å². The van der Waals surface area contributed by atoms with Crippen molar-refractivity contribution >= 4 is 11.5 Å². The second kappa shape index (κ2) is 5.82. The Bertz CT molecular complexity index is 415. The molecule has 0 saturated carbocycles. The first-order chi connectivity index (χ1) is 8.66. The smallest absolute Gasteiger partial charge is 0.141 e. The van der Waals surface area contributed by atoms with Gasteiger partial charge in [0.05, 0.1) is 6.61 Å². The molecule has 0 bridgehead atoms. The number of amidine groups is 1. The highest BCUT2D eigenvalue weighted by molar-refractivity contribution is 5.93. The third kappa shape index (κ3) is 3.20. The normalized spacial score (nSPS) is 19.5. The summed E-state index contributed by atoms with van der Waals surface area (Å²) in [7, 11) is 2.05. The van der Waals surface area contributed by atoms with E-state index in [0.717, 1.165) is 31.9 Å². The molecule has 1 aliphatic heterocycles. The number of pyridine rings is 1. The average molecular weight is 248 g/mol. The Morgan fingerprint density at radius 2 is 2.50 bits per heavy atom. The first-order valence-corrected chi connectivity index (χ1v) is 6.26. The van der Waals surface area contributed by atoms with Crippen LogP contribution in [0.1, 0.15) is 18.5 Å². The summed E-state index contributed by atoms with van der Waals surface area (Å²) in [6.45, 7) is 2.69. The lowest BCUT2D eigenvalue weighted by Gasteiger charge is -2.28. The minimum atomic E-state index is 0.00579. The van der Waals surface area contributed by atoms with Crippen molar-refractivity contribution in [1.82, 2.24) is 4.98 Å². The Hall–Kier alpha value is -1.62. The second-order valence-electron chi connectivity index (χ2n) is 4.78. The van der Waals surface area contributed by atoms with Crippen LogP contribution in [-0.4, -0.2) is 37.6 Å². The van der Waals surface area contributed by atoms with Gasteiger partial charge in [0.1, 0.15) is 11.5 Å². The predicted molar refractivity (Wildman–Crippen MR) is 72.1 cm³/mol. The zero-order valence-electron chi connectivity index (χ0n) is 10.7. The van der Waals surface area contributed by atoms with E-state index in [1.54, 1.807) is 6.20 Å². The third-order valence-electron chi connectivity index (χ3n) is 3.25. The minimum absolute atomic E-state index is 0.00579. The molecule has 1 aliphatic rings. The number of hydrogen-bond acceptors (Lipinski definition) is 4. The Morgan fingerprint density at radius 1 is 1.67 bits per heavy atom. The van der Waals surface area contributed by atoms with Crippen LogP contribution in [0.5, 0.6) is 0 Å². The first kappa shape index (κ1) is 12.8. The van der Waals surface area contributed by atoms with Gasteiger partial charge in [-0.25, -0.2) is 0 Å². The number of nitrogens with zero attached hydrogens (tertiary/aromatic N) is 2. The highest BCUT2D eigenvalue weighted by Crippen LogP contribution is 2.19. The molecule has 98 valence electrons. The van der Waals surface area contributed by atoms with Crippen molar-refractivity contribution in [2.75, 3.05) is 31.7 Å². The monoisotopic (exact) mass is 248 g/mol. The summed E-state index contributed by atoms with van der Waals surface area (Å²) in [4.78, 5) is 6.24. The van der Waals surface area contributed by atoms with Crippen LogP contribution in [0.4, 0.5) is 5.69 Å². The van der Waals surface area contributed by atoms with Crippen LogP contribution in [0.25, 0.3) is 0 Å². The summed E-state index contributed by atoms with van der Waals surface area (Å²) in [5.41, 5.74) is 7.02. The van der Waals surface area contributed by atoms with Crippen molar-refractivity contribution in [2.45, 2.75) is 12.8 Å². The highest BCUT2D eigenvalue weighted by Gasteiger charge is 2.16. The van der Waals surface area contributed by atoms with Gasteiger partial charge in [0.2, 0.25) is 0 Å². The lowest BCUT2D eigenvalue weighted by Crippen LogP contribution is -2.31. The quantitative estimate of drug-likeness (QED) is 0.620. The van der Waals surface area contributed by atoms with Gasteiger partial charge in [-0.05, 0) is 30.9 Å². The Kier molecular flexibility index (Phi) is 4.15. The van der Waals surface area contributed by atoms with Crippen LogP contribution in [0.2, 0.25) is 0 Å². The molecule has 3 N–H and O–H groups in total. The second-order valence-corrected chi connectivity index (χ2v) is 4.78. The zero-order valence-corrected chi connectivity index (χ0v) is 10.7. The van der Waals surface area contributed by atoms with Crippen LogP contribution in [-0.2, 0) is 4.74 Å². The van der Waals surface area contributed by atoms with E-state index in [4.69, 9.17) is 15.9 Å². The number of anilines is 1. The van der Waals surface area contributed by atoms with Crippen LogP contribution < -0.4 is 10.6 Å². The van der Waals surface area contributed by atoms with Crippen molar-refractivity contribution in [2.24, 2.45) is 11.7 Å². The summed E-state index contributed by atoms with van der Waals surface area (Å²) >= 11 is 0. The van der Waals surface area contributed by atoms with Crippen LogP contribution in [0.15, 0.2) is 18.3 Å². The molecule has 0 aliphatic carbocycles. The molecule has 0 aromatic carbocycles. The average Bonchev–Trinajstić information content (AvgIpc) is 2.40. The molecule has 2 heterocycles. The van der Waals surface area contributed by atoms with Crippen molar-refractivity contribution in [3.63, 3.8) is 0 Å². The SMILES string of the molecule is CN(CC1CCCOC1)c1ccnc(C(=N)N)c1. The molecule has 0 spiro atoms. The topological polar surface area (TPSA) is 75.2 Å². The van der Waals surface area contributed by atoms with Gasteiger partial charge in [-0.3, -0.25) is 10.4 Å². The Morgan fingerprint density at radius 3 is 3.17 bits per heavy atom. The van der Waals surface area contributed by atoms with Crippen molar-refractivity contribution in [3.8, 4) is 0 Å². The van der Waals surface area contributed by atoms with Gasteiger partial charge in [-0.15, -0.1) is 0 Å². The van der Waals surface area contributed by atoms with E-state index in [9.17, 15) is 0 Å². The summed E-state index contributed by atoms with van der Waals surface area (Å²) in [5, 5.41) is 7.40. The van der Waals surface area contributed by atoms with Crippen molar-refractivity contribution in [3.05, 3.63) is 24.0 Å². The molecule has 1 aromatic heterocycles. The largest absolute Gasteiger partial charge is 0.382 e.